The predicted molar refractivity (Wildman–Crippen MR) is 134 cm³/mol. The third-order valence-corrected chi connectivity index (χ3v) is 5.97. The molecule has 178 valence electrons. The lowest BCUT2D eigenvalue weighted by atomic mass is 9.96. The molecule has 33 heavy (non-hydrogen) atoms. The van der Waals surface area contributed by atoms with Crippen molar-refractivity contribution in [2.24, 2.45) is 0 Å². The number of nitrogens with zero attached hydrogens (tertiary/aromatic N) is 4. The third-order valence-electron chi connectivity index (χ3n) is 5.11. The highest BCUT2D eigenvalue weighted by atomic mass is 32.2. The summed E-state index contributed by atoms with van der Waals surface area (Å²) in [6.07, 6.45) is 2.53. The maximum absolute atomic E-state index is 12.8. The minimum absolute atomic E-state index is 0.0316. The number of nitrogens with one attached hydrogen (secondary N) is 2. The van der Waals surface area contributed by atoms with Crippen LogP contribution in [0.1, 0.15) is 45.6 Å². The number of thioether (sulfide) groups is 1. The van der Waals surface area contributed by atoms with Gasteiger partial charge in [-0.15, -0.1) is 0 Å². The zero-order valence-electron chi connectivity index (χ0n) is 19.9. The van der Waals surface area contributed by atoms with Crippen LogP contribution in [0.5, 0.6) is 0 Å². The first kappa shape index (κ1) is 25.0. The van der Waals surface area contributed by atoms with E-state index in [1.807, 2.05) is 48.9 Å². The molecule has 1 amide bonds. The number of rotatable bonds is 13. The number of carbonyl (C=O) groups is 1. The Morgan fingerprint density at radius 2 is 1.94 bits per heavy atom. The van der Waals surface area contributed by atoms with E-state index in [0.717, 1.165) is 28.8 Å². The molecule has 1 unspecified atom stereocenters. The second-order valence-corrected chi connectivity index (χ2v) is 9.46. The van der Waals surface area contributed by atoms with Crippen molar-refractivity contribution in [3.05, 3.63) is 42.1 Å². The topological polar surface area (TPSA) is 94.0 Å². The number of ether oxygens (including phenoxy) is 1. The van der Waals surface area contributed by atoms with Crippen molar-refractivity contribution in [3.63, 3.8) is 0 Å². The van der Waals surface area contributed by atoms with Gasteiger partial charge in [-0.3, -0.25) is 4.79 Å². The Kier molecular flexibility index (Phi) is 9.50. The second-order valence-electron chi connectivity index (χ2n) is 7.91. The van der Waals surface area contributed by atoms with Crippen LogP contribution < -0.4 is 10.6 Å². The molecule has 0 fully saturated rings. The lowest BCUT2D eigenvalue weighted by Gasteiger charge is -2.15. The molecule has 0 aliphatic heterocycles. The first-order valence-electron chi connectivity index (χ1n) is 11.6. The zero-order chi connectivity index (χ0) is 23.6. The fraction of sp³-hybridized carbons (Fsp3) is 0.500. The van der Waals surface area contributed by atoms with Gasteiger partial charge in [0.05, 0.1) is 30.7 Å². The summed E-state index contributed by atoms with van der Waals surface area (Å²) in [5.74, 6) is 0.635. The highest BCUT2D eigenvalue weighted by molar-refractivity contribution is 7.99. The van der Waals surface area contributed by atoms with Gasteiger partial charge >= 0.3 is 0 Å². The molecule has 0 bridgehead atoms. The van der Waals surface area contributed by atoms with Crippen molar-refractivity contribution < 1.29 is 9.53 Å². The van der Waals surface area contributed by atoms with Crippen LogP contribution in [0.3, 0.4) is 0 Å². The molecule has 1 aromatic carbocycles. The number of fused-ring (bicyclic) bond motifs is 1. The summed E-state index contributed by atoms with van der Waals surface area (Å²) < 4.78 is 7.26. The Morgan fingerprint density at radius 1 is 1.15 bits per heavy atom. The number of benzene rings is 1. The molecule has 3 aromatic rings. The van der Waals surface area contributed by atoms with Gasteiger partial charge in [0, 0.05) is 24.9 Å². The van der Waals surface area contributed by atoms with E-state index in [1.165, 1.54) is 0 Å². The molecule has 3 rings (SSSR count). The number of hydrogen-bond donors (Lipinski definition) is 2. The number of amides is 1. The van der Waals surface area contributed by atoms with E-state index in [4.69, 9.17) is 14.7 Å². The van der Waals surface area contributed by atoms with E-state index in [-0.39, 0.29) is 11.8 Å². The smallest absolute Gasteiger partial charge is 0.227 e. The van der Waals surface area contributed by atoms with Gasteiger partial charge in [0.15, 0.2) is 10.8 Å². The lowest BCUT2D eigenvalue weighted by molar-refractivity contribution is -0.122. The van der Waals surface area contributed by atoms with Crippen molar-refractivity contribution in [2.75, 3.05) is 31.6 Å². The van der Waals surface area contributed by atoms with E-state index < -0.39 is 0 Å². The van der Waals surface area contributed by atoms with E-state index >= 15 is 0 Å². The van der Waals surface area contributed by atoms with Gasteiger partial charge in [-0.25, -0.2) is 14.6 Å². The highest BCUT2D eigenvalue weighted by Crippen LogP contribution is 2.26. The minimum Gasteiger partial charge on any atom is -0.380 e. The number of aromatic nitrogens is 4. The molecule has 2 N–H and O–H groups in total. The van der Waals surface area contributed by atoms with Crippen LogP contribution in [-0.2, 0) is 16.1 Å². The van der Waals surface area contributed by atoms with Gasteiger partial charge in [0.2, 0.25) is 5.91 Å². The number of carbonyl (C=O) groups excluding carboxylic acids is 1. The first-order chi connectivity index (χ1) is 16.0. The largest absolute Gasteiger partial charge is 0.380 e. The fourth-order valence-electron chi connectivity index (χ4n) is 3.55. The van der Waals surface area contributed by atoms with Gasteiger partial charge < -0.3 is 15.4 Å². The molecular weight excluding hydrogens is 436 g/mol. The summed E-state index contributed by atoms with van der Waals surface area (Å²) in [5.41, 5.74) is 1.80. The maximum atomic E-state index is 12.8. The summed E-state index contributed by atoms with van der Waals surface area (Å²) >= 11 is 1.61. The van der Waals surface area contributed by atoms with Crippen molar-refractivity contribution in [2.45, 2.75) is 57.0 Å². The molecule has 0 aliphatic rings. The van der Waals surface area contributed by atoms with Crippen LogP contribution in [0.25, 0.3) is 11.0 Å². The Labute approximate surface area is 199 Å². The van der Waals surface area contributed by atoms with Crippen molar-refractivity contribution in [3.8, 4) is 0 Å². The van der Waals surface area contributed by atoms with Crippen molar-refractivity contribution >= 4 is 34.5 Å². The van der Waals surface area contributed by atoms with Crippen LogP contribution >= 0.6 is 11.8 Å². The Balaban J connectivity index is 1.71. The summed E-state index contributed by atoms with van der Waals surface area (Å²) in [6, 6.07) is 9.89. The zero-order valence-corrected chi connectivity index (χ0v) is 20.7. The maximum Gasteiger partial charge on any atom is 0.227 e. The molecule has 1 atom stereocenters. The summed E-state index contributed by atoms with van der Waals surface area (Å²) in [4.78, 5) is 22.2. The Morgan fingerprint density at radius 3 is 2.64 bits per heavy atom. The monoisotopic (exact) mass is 470 g/mol. The van der Waals surface area contributed by atoms with Gasteiger partial charge in [-0.05, 0) is 18.9 Å². The van der Waals surface area contributed by atoms with Crippen LogP contribution in [0.15, 0.2) is 41.7 Å². The van der Waals surface area contributed by atoms with Crippen molar-refractivity contribution in [1.29, 1.82) is 0 Å². The third kappa shape index (κ3) is 6.91. The van der Waals surface area contributed by atoms with Gasteiger partial charge in [-0.1, -0.05) is 62.9 Å². The van der Waals surface area contributed by atoms with Crippen LogP contribution in [0, 0.1) is 0 Å². The van der Waals surface area contributed by atoms with Gasteiger partial charge in [0.1, 0.15) is 5.82 Å². The predicted octanol–water partition coefficient (Wildman–Crippen LogP) is 4.09. The molecule has 0 spiro atoms. The molecule has 0 radical (unpaired) electrons. The molecule has 0 saturated carbocycles. The van der Waals surface area contributed by atoms with E-state index in [9.17, 15) is 4.79 Å². The molecule has 0 saturated heterocycles. The second kappa shape index (κ2) is 12.6. The summed E-state index contributed by atoms with van der Waals surface area (Å²) in [5, 5.41) is 12.9. The average Bonchev–Trinajstić information content (AvgIpc) is 3.20. The van der Waals surface area contributed by atoms with Crippen molar-refractivity contribution in [1.82, 2.24) is 25.1 Å². The van der Waals surface area contributed by atoms with E-state index in [1.54, 1.807) is 18.0 Å². The summed E-state index contributed by atoms with van der Waals surface area (Å²) in [6.45, 7) is 11.2. The van der Waals surface area contributed by atoms with E-state index in [2.05, 4.69) is 29.6 Å². The average molecular weight is 471 g/mol. The lowest BCUT2D eigenvalue weighted by Crippen LogP contribution is -2.32. The minimum atomic E-state index is -0.155. The van der Waals surface area contributed by atoms with E-state index in [0.29, 0.717) is 43.3 Å². The molecular formula is C24H34N6O2S. The van der Waals surface area contributed by atoms with Crippen LogP contribution in [-0.4, -0.2) is 57.2 Å². The fourth-order valence-corrected chi connectivity index (χ4v) is 4.25. The summed E-state index contributed by atoms with van der Waals surface area (Å²) in [7, 11) is 0. The molecule has 8 nitrogen and oxygen atoms in total. The van der Waals surface area contributed by atoms with Gasteiger partial charge in [-0.2, -0.15) is 5.10 Å². The van der Waals surface area contributed by atoms with Gasteiger partial charge in [0.25, 0.3) is 0 Å². The van der Waals surface area contributed by atoms with Crippen LogP contribution in [0.2, 0.25) is 0 Å². The number of anilines is 1. The first-order valence-corrected chi connectivity index (χ1v) is 12.5. The quantitative estimate of drug-likeness (QED) is 0.221. The Bertz CT molecular complexity index is 1020. The number of hydrogen-bond acceptors (Lipinski definition) is 7. The molecule has 2 aromatic heterocycles. The molecule has 9 heteroatoms. The standard InChI is InChI=1S/C24H34N6O2S/c1-5-19(18-10-8-7-9-11-18)23(31)26-12-14-30-22-20(16-27-30)21(25-13-15-32-6-2)28-24(29-22)33-17(3)4/h7-11,16-17,19H,5-6,12-15H2,1-4H3,(H,26,31)(H,25,28,29). The normalized spacial score (nSPS) is 12.3. The van der Waals surface area contributed by atoms with Crippen LogP contribution in [0.4, 0.5) is 5.82 Å². The molecule has 2 heterocycles. The Hall–Kier alpha value is -2.65. The highest BCUT2D eigenvalue weighted by Gasteiger charge is 2.18. The molecule has 0 aliphatic carbocycles. The SMILES string of the molecule is CCOCCNc1nc(SC(C)C)nc2c1cnn2CCNC(=O)C(CC)c1ccccc1.